The third-order valence-corrected chi connectivity index (χ3v) is 5.81. The predicted molar refractivity (Wildman–Crippen MR) is 119 cm³/mol. The number of hydrazone groups is 1. The highest BCUT2D eigenvalue weighted by atomic mass is 19.1. The highest BCUT2D eigenvalue weighted by Gasteiger charge is 2.39. The molecule has 0 unspecified atom stereocenters. The topological polar surface area (TPSA) is 136 Å². The van der Waals surface area contributed by atoms with Gasteiger partial charge >= 0.3 is 6.03 Å². The van der Waals surface area contributed by atoms with Gasteiger partial charge in [0.25, 0.3) is 5.88 Å². The van der Waals surface area contributed by atoms with Gasteiger partial charge in [-0.15, -0.1) is 0 Å². The molecule has 0 saturated carbocycles. The van der Waals surface area contributed by atoms with E-state index in [0.717, 1.165) is 5.56 Å². The molecule has 3 aromatic rings. The summed E-state index contributed by atoms with van der Waals surface area (Å²) in [6.45, 7) is 0.461. The van der Waals surface area contributed by atoms with Crippen LogP contribution in [0.4, 0.5) is 9.18 Å². The molecule has 174 valence electrons. The monoisotopic (exact) mass is 471 g/mol. The molecule has 11 nitrogen and oxygen atoms in total. The highest BCUT2D eigenvalue weighted by molar-refractivity contribution is 5.79. The lowest BCUT2D eigenvalue weighted by Crippen LogP contribution is -2.59. The van der Waals surface area contributed by atoms with E-state index in [1.165, 1.54) is 34.2 Å². The van der Waals surface area contributed by atoms with Crippen LogP contribution in [0.3, 0.4) is 0 Å². The molecule has 0 aromatic carbocycles. The number of hydrogen-bond donors (Lipinski definition) is 0. The van der Waals surface area contributed by atoms with Crippen molar-refractivity contribution in [3.8, 4) is 29.4 Å². The minimum absolute atomic E-state index is 0.207. The number of nitriles is 2. The zero-order valence-electron chi connectivity index (χ0n) is 18.5. The first-order valence-electron chi connectivity index (χ1n) is 10.7. The third kappa shape index (κ3) is 4.02. The first-order chi connectivity index (χ1) is 17.0. The Kier molecular flexibility index (Phi) is 5.55. The highest BCUT2D eigenvalue weighted by Crippen LogP contribution is 2.31. The van der Waals surface area contributed by atoms with Crippen LogP contribution in [0.15, 0.2) is 41.9 Å². The van der Waals surface area contributed by atoms with Gasteiger partial charge in [-0.25, -0.2) is 19.2 Å². The first kappa shape index (κ1) is 22.0. The molecule has 1 fully saturated rings. The van der Waals surface area contributed by atoms with Crippen LogP contribution >= 0.6 is 0 Å². The molecule has 0 spiro atoms. The molecular weight excluding hydrogens is 453 g/mol. The van der Waals surface area contributed by atoms with Crippen LogP contribution in [0.25, 0.3) is 11.4 Å². The molecule has 2 aliphatic heterocycles. The molecule has 1 atom stereocenters. The molecule has 2 aliphatic rings. The van der Waals surface area contributed by atoms with Crippen LogP contribution in [0, 0.1) is 28.5 Å². The summed E-state index contributed by atoms with van der Waals surface area (Å²) in [6, 6.07) is 7.78. The summed E-state index contributed by atoms with van der Waals surface area (Å²) in [6.07, 6.45) is 6.19. The van der Waals surface area contributed by atoms with Gasteiger partial charge in [0.05, 0.1) is 42.1 Å². The summed E-state index contributed by atoms with van der Waals surface area (Å²) in [7, 11) is 1.66. The van der Waals surface area contributed by atoms with Crippen molar-refractivity contribution in [3.63, 3.8) is 0 Å². The lowest BCUT2D eigenvalue weighted by Gasteiger charge is -2.40. The molecule has 0 bridgehead atoms. The number of rotatable bonds is 4. The number of halogens is 1. The predicted octanol–water partition coefficient (Wildman–Crippen LogP) is 2.38. The van der Waals surface area contributed by atoms with Crippen LogP contribution in [0.1, 0.15) is 29.2 Å². The largest absolute Gasteiger partial charge is 0.468 e. The van der Waals surface area contributed by atoms with Crippen molar-refractivity contribution < 1.29 is 13.9 Å². The molecule has 3 aromatic heterocycles. The fourth-order valence-electron chi connectivity index (χ4n) is 4.01. The van der Waals surface area contributed by atoms with Gasteiger partial charge in [0.2, 0.25) is 0 Å². The van der Waals surface area contributed by atoms with Gasteiger partial charge in [0, 0.05) is 32.1 Å². The second kappa shape index (κ2) is 8.83. The Morgan fingerprint density at radius 3 is 2.80 bits per heavy atom. The van der Waals surface area contributed by atoms with Crippen molar-refractivity contribution in [2.45, 2.75) is 18.6 Å². The van der Waals surface area contributed by atoms with Crippen molar-refractivity contribution in [1.29, 1.82) is 10.5 Å². The summed E-state index contributed by atoms with van der Waals surface area (Å²) >= 11 is 0. The maximum absolute atomic E-state index is 14.4. The van der Waals surface area contributed by atoms with Crippen LogP contribution in [-0.2, 0) is 7.05 Å². The third-order valence-electron chi connectivity index (χ3n) is 5.81. The SMILES string of the molecule is Cn1ncc(C#N)c1-c1ccc(F)c(OC2CN(C(=O)N3N=CC[C@H]3c3cncc(C#N)c3)C2)n1. The molecule has 0 radical (unpaired) electrons. The number of amides is 2. The molecular formula is C23H18FN9O2. The summed E-state index contributed by atoms with van der Waals surface area (Å²) < 4.78 is 21.6. The number of likely N-dealkylation sites (tertiary alicyclic amines) is 1. The second-order valence-electron chi connectivity index (χ2n) is 8.07. The van der Waals surface area contributed by atoms with Gasteiger partial charge in [-0.05, 0) is 23.8 Å². The number of carbonyl (C=O) groups excluding carboxylic acids is 1. The fraction of sp³-hybridized carbons (Fsp3) is 0.261. The Labute approximate surface area is 199 Å². The van der Waals surface area contributed by atoms with E-state index >= 15 is 0 Å². The number of ether oxygens (including phenoxy) is 1. The van der Waals surface area contributed by atoms with Gasteiger partial charge < -0.3 is 9.64 Å². The summed E-state index contributed by atoms with van der Waals surface area (Å²) in [5.41, 5.74) is 2.25. The molecule has 1 saturated heterocycles. The Balaban J connectivity index is 1.25. The molecule has 5 rings (SSSR count). The minimum Gasteiger partial charge on any atom is -0.468 e. The van der Waals surface area contributed by atoms with E-state index in [9.17, 15) is 14.4 Å². The molecule has 2 amide bonds. The maximum Gasteiger partial charge on any atom is 0.341 e. The van der Waals surface area contributed by atoms with Crippen LogP contribution in [0.2, 0.25) is 0 Å². The van der Waals surface area contributed by atoms with Gasteiger partial charge in [0.1, 0.15) is 23.9 Å². The zero-order valence-corrected chi connectivity index (χ0v) is 18.5. The molecule has 0 aliphatic carbocycles. The maximum atomic E-state index is 14.4. The summed E-state index contributed by atoms with van der Waals surface area (Å²) in [5.74, 6) is -0.852. The average molecular weight is 471 g/mol. The van der Waals surface area contributed by atoms with Gasteiger partial charge in [0.15, 0.2) is 5.82 Å². The quantitative estimate of drug-likeness (QED) is 0.570. The lowest BCUT2D eigenvalue weighted by atomic mass is 10.1. The minimum atomic E-state index is -0.645. The van der Waals surface area contributed by atoms with Crippen molar-refractivity contribution in [2.75, 3.05) is 13.1 Å². The number of carbonyl (C=O) groups is 1. The van der Waals surface area contributed by atoms with Crippen molar-refractivity contribution in [2.24, 2.45) is 12.1 Å². The van der Waals surface area contributed by atoms with E-state index in [2.05, 4.69) is 20.2 Å². The van der Waals surface area contributed by atoms with Gasteiger partial charge in [-0.1, -0.05) is 0 Å². The van der Waals surface area contributed by atoms with E-state index in [0.29, 0.717) is 28.9 Å². The van der Waals surface area contributed by atoms with Crippen LogP contribution < -0.4 is 4.74 Å². The van der Waals surface area contributed by atoms with E-state index in [1.54, 1.807) is 30.4 Å². The van der Waals surface area contributed by atoms with Crippen LogP contribution in [0.5, 0.6) is 5.88 Å². The van der Waals surface area contributed by atoms with E-state index in [4.69, 9.17) is 10.00 Å². The first-order valence-corrected chi connectivity index (χ1v) is 10.7. The van der Waals surface area contributed by atoms with Crippen molar-refractivity contribution >= 4 is 12.2 Å². The van der Waals surface area contributed by atoms with Crippen LogP contribution in [-0.4, -0.2) is 61.1 Å². The lowest BCUT2D eigenvalue weighted by molar-refractivity contribution is 0.0231. The molecule has 0 N–H and O–H groups in total. The van der Waals surface area contributed by atoms with E-state index in [-0.39, 0.29) is 31.0 Å². The van der Waals surface area contributed by atoms with Gasteiger partial charge in [-0.3, -0.25) is 9.67 Å². The fourth-order valence-corrected chi connectivity index (χ4v) is 4.01. The average Bonchev–Trinajstić information content (AvgIpc) is 3.48. The summed E-state index contributed by atoms with van der Waals surface area (Å²) in [4.78, 5) is 22.9. The zero-order chi connectivity index (χ0) is 24.5. The molecule has 5 heterocycles. The Morgan fingerprint density at radius 2 is 2.03 bits per heavy atom. The standard InChI is InChI=1S/C23H18FN9O2/c1-31-21(16(8-26)11-29-31)19-3-2-18(24)22(30-19)35-17-12-32(13-17)23(34)33-20(4-5-28-33)15-6-14(7-25)9-27-10-15/h2-3,5-6,9-11,17,20H,4,12-13H2,1H3/t20-/m0/s1. The van der Waals surface area contributed by atoms with E-state index in [1.807, 2.05) is 12.1 Å². The van der Waals surface area contributed by atoms with Crippen molar-refractivity contribution in [3.05, 3.63) is 59.3 Å². The second-order valence-corrected chi connectivity index (χ2v) is 8.07. The number of pyridine rings is 2. The number of nitrogens with zero attached hydrogens (tertiary/aromatic N) is 9. The number of urea groups is 1. The molecule has 35 heavy (non-hydrogen) atoms. The van der Waals surface area contributed by atoms with Crippen molar-refractivity contribution in [1.82, 2.24) is 29.7 Å². The van der Waals surface area contributed by atoms with E-state index < -0.39 is 11.9 Å². The molecule has 12 heteroatoms. The van der Waals surface area contributed by atoms with Gasteiger partial charge in [-0.2, -0.15) is 20.7 Å². The number of hydrogen-bond acceptors (Lipinski definition) is 8. The smallest absolute Gasteiger partial charge is 0.341 e. The normalized spacial score (nSPS) is 17.1. The Bertz CT molecular complexity index is 1420. The Morgan fingerprint density at radius 1 is 1.20 bits per heavy atom. The number of aromatic nitrogens is 4. The Hall–Kier alpha value is -4.84. The summed E-state index contributed by atoms with van der Waals surface area (Å²) in [5, 5.41) is 28.0. The number of aryl methyl sites for hydroxylation is 1.